The number of rotatable bonds is 3. The topological polar surface area (TPSA) is 84.7 Å². The van der Waals surface area contributed by atoms with Crippen LogP contribution in [0.25, 0.3) is 6.08 Å². The first-order valence-corrected chi connectivity index (χ1v) is 8.08. The number of amides is 2. The molecule has 0 bridgehead atoms. The van der Waals surface area contributed by atoms with Gasteiger partial charge < -0.3 is 20.7 Å². The Hall–Kier alpha value is -2.60. The molecule has 3 N–H and O–H groups in total. The van der Waals surface area contributed by atoms with Crippen LogP contribution in [0.1, 0.15) is 18.9 Å². The summed E-state index contributed by atoms with van der Waals surface area (Å²) in [6, 6.07) is 6.76. The number of nitrogens with two attached hydrogens (primary N) is 1. The fourth-order valence-electron chi connectivity index (χ4n) is 3.04. The van der Waals surface area contributed by atoms with Crippen LogP contribution in [-0.4, -0.2) is 41.9 Å². The first-order valence-electron chi connectivity index (χ1n) is 8.08. The number of fused-ring (bicyclic) bond motifs is 1. The van der Waals surface area contributed by atoms with E-state index in [1.807, 2.05) is 31.2 Å². The van der Waals surface area contributed by atoms with Gasteiger partial charge in [0.1, 0.15) is 11.8 Å². The highest BCUT2D eigenvalue weighted by molar-refractivity contribution is 6.03. The molecular formula is C18H21N3O3. The summed E-state index contributed by atoms with van der Waals surface area (Å²) >= 11 is 0. The van der Waals surface area contributed by atoms with Crippen LogP contribution >= 0.6 is 0 Å². The van der Waals surface area contributed by atoms with Gasteiger partial charge in [-0.3, -0.25) is 9.59 Å². The Morgan fingerprint density at radius 2 is 2.17 bits per heavy atom. The molecule has 0 spiro atoms. The quantitative estimate of drug-likeness (QED) is 0.869. The maximum Gasteiger partial charge on any atom is 0.254 e. The summed E-state index contributed by atoms with van der Waals surface area (Å²) in [4.78, 5) is 26.7. The van der Waals surface area contributed by atoms with E-state index in [1.54, 1.807) is 17.1 Å². The molecule has 24 heavy (non-hydrogen) atoms. The Balaban J connectivity index is 1.87. The van der Waals surface area contributed by atoms with Crippen molar-refractivity contribution in [3.05, 3.63) is 47.7 Å². The number of hydrogen-bond donors (Lipinski definition) is 2. The minimum Gasteiger partial charge on any atom is -0.464 e. The zero-order valence-corrected chi connectivity index (χ0v) is 13.6. The average molecular weight is 327 g/mol. The van der Waals surface area contributed by atoms with E-state index in [0.29, 0.717) is 30.8 Å². The van der Waals surface area contributed by atoms with Gasteiger partial charge in [0, 0.05) is 30.3 Å². The normalized spacial score (nSPS) is 22.2. The van der Waals surface area contributed by atoms with E-state index in [2.05, 4.69) is 5.32 Å². The minimum absolute atomic E-state index is 0.159. The lowest BCUT2D eigenvalue weighted by Gasteiger charge is -2.24. The molecule has 1 aromatic carbocycles. The number of nitrogens with one attached hydrogen (secondary N) is 1. The van der Waals surface area contributed by atoms with Crippen LogP contribution in [0.3, 0.4) is 0 Å². The molecule has 2 aliphatic rings. The van der Waals surface area contributed by atoms with Gasteiger partial charge >= 0.3 is 0 Å². The number of benzene rings is 1. The second-order valence-electron chi connectivity index (χ2n) is 5.92. The van der Waals surface area contributed by atoms with Crippen molar-refractivity contribution in [3.63, 3.8) is 0 Å². The molecule has 2 heterocycles. The first kappa shape index (κ1) is 16.3. The van der Waals surface area contributed by atoms with E-state index in [0.717, 1.165) is 5.56 Å². The smallest absolute Gasteiger partial charge is 0.254 e. The van der Waals surface area contributed by atoms with Crippen LogP contribution in [0.5, 0.6) is 5.75 Å². The number of hydrogen-bond acceptors (Lipinski definition) is 4. The van der Waals surface area contributed by atoms with Crippen molar-refractivity contribution in [1.29, 1.82) is 0 Å². The highest BCUT2D eigenvalue weighted by Gasteiger charge is 2.38. The predicted octanol–water partition coefficient (Wildman–Crippen LogP) is 1.04. The number of nitrogens with zero attached hydrogens (tertiary/aromatic N) is 1. The SMILES string of the molecule is CCNC(=O)[C@@H]1C[C@H](N)CN1C(=O)C1=Cc2ccccc2OC=C1. The van der Waals surface area contributed by atoms with E-state index in [-0.39, 0.29) is 17.9 Å². The monoisotopic (exact) mass is 327 g/mol. The minimum atomic E-state index is -0.527. The molecule has 0 aromatic heterocycles. The molecule has 0 saturated carbocycles. The van der Waals surface area contributed by atoms with E-state index in [1.165, 1.54) is 6.26 Å². The highest BCUT2D eigenvalue weighted by atomic mass is 16.5. The van der Waals surface area contributed by atoms with Gasteiger partial charge in [0.2, 0.25) is 5.91 Å². The Morgan fingerprint density at radius 1 is 1.38 bits per heavy atom. The zero-order valence-electron chi connectivity index (χ0n) is 13.6. The summed E-state index contributed by atoms with van der Waals surface area (Å²) < 4.78 is 5.52. The van der Waals surface area contributed by atoms with E-state index < -0.39 is 6.04 Å². The molecule has 2 amide bonds. The summed E-state index contributed by atoms with van der Waals surface area (Å²) in [5, 5.41) is 2.77. The van der Waals surface area contributed by atoms with Crippen LogP contribution in [0.15, 0.2) is 42.2 Å². The van der Waals surface area contributed by atoms with E-state index >= 15 is 0 Å². The van der Waals surface area contributed by atoms with Gasteiger partial charge in [-0.1, -0.05) is 18.2 Å². The number of carbonyl (C=O) groups excluding carboxylic acids is 2. The van der Waals surface area contributed by atoms with Crippen molar-refractivity contribution < 1.29 is 14.3 Å². The first-order chi connectivity index (χ1) is 11.6. The third-order valence-corrected chi connectivity index (χ3v) is 4.17. The molecule has 0 radical (unpaired) electrons. The Kier molecular flexibility index (Phi) is 4.66. The van der Waals surface area contributed by atoms with Crippen molar-refractivity contribution in [1.82, 2.24) is 10.2 Å². The van der Waals surface area contributed by atoms with Crippen molar-refractivity contribution in [2.45, 2.75) is 25.4 Å². The van der Waals surface area contributed by atoms with Gasteiger partial charge in [0.15, 0.2) is 0 Å². The summed E-state index contributed by atoms with van der Waals surface area (Å²) in [5.74, 6) is 0.319. The molecule has 6 nitrogen and oxygen atoms in total. The molecule has 3 rings (SSSR count). The fraction of sp³-hybridized carbons (Fsp3) is 0.333. The van der Waals surface area contributed by atoms with Crippen molar-refractivity contribution >= 4 is 17.9 Å². The summed E-state index contributed by atoms with van der Waals surface area (Å²) in [5.41, 5.74) is 7.29. The standard InChI is InChI=1S/C18H21N3O3/c1-2-20-17(22)15-10-14(19)11-21(15)18(23)13-7-8-24-16-6-4-3-5-12(16)9-13/h3-9,14-15H,2,10-11,19H2,1H3,(H,20,22)/t14-,15-/m0/s1. The largest absolute Gasteiger partial charge is 0.464 e. The highest BCUT2D eigenvalue weighted by Crippen LogP contribution is 2.27. The van der Waals surface area contributed by atoms with Gasteiger partial charge in [-0.05, 0) is 31.6 Å². The van der Waals surface area contributed by atoms with Gasteiger partial charge in [0.05, 0.1) is 6.26 Å². The average Bonchev–Trinajstić information content (AvgIpc) is 2.84. The van der Waals surface area contributed by atoms with Crippen molar-refractivity contribution in [2.75, 3.05) is 13.1 Å². The van der Waals surface area contributed by atoms with Crippen LogP contribution in [0.4, 0.5) is 0 Å². The molecule has 6 heteroatoms. The lowest BCUT2D eigenvalue weighted by molar-refractivity contribution is -0.135. The predicted molar refractivity (Wildman–Crippen MR) is 91.0 cm³/mol. The summed E-state index contributed by atoms with van der Waals surface area (Å²) in [6.45, 7) is 2.74. The zero-order chi connectivity index (χ0) is 17.1. The fourth-order valence-corrected chi connectivity index (χ4v) is 3.04. The van der Waals surface area contributed by atoms with Gasteiger partial charge in [0.25, 0.3) is 5.91 Å². The number of likely N-dealkylation sites (N-methyl/N-ethyl adjacent to an activating group) is 1. The van der Waals surface area contributed by atoms with Crippen LogP contribution in [0.2, 0.25) is 0 Å². The maximum absolute atomic E-state index is 12.9. The number of likely N-dealkylation sites (tertiary alicyclic amines) is 1. The second kappa shape index (κ2) is 6.88. The second-order valence-corrected chi connectivity index (χ2v) is 5.92. The van der Waals surface area contributed by atoms with Crippen LogP contribution in [0, 0.1) is 0 Å². The van der Waals surface area contributed by atoms with Crippen LogP contribution < -0.4 is 15.8 Å². The summed E-state index contributed by atoms with van der Waals surface area (Å²) in [6.07, 6.45) is 5.37. The number of para-hydroxylation sites is 1. The summed E-state index contributed by atoms with van der Waals surface area (Å²) in [7, 11) is 0. The van der Waals surface area contributed by atoms with Gasteiger partial charge in [-0.25, -0.2) is 0 Å². The third kappa shape index (κ3) is 3.19. The van der Waals surface area contributed by atoms with Crippen molar-refractivity contribution in [2.24, 2.45) is 5.73 Å². The molecule has 1 fully saturated rings. The molecular weight excluding hydrogens is 306 g/mol. The Bertz CT molecular complexity index is 711. The van der Waals surface area contributed by atoms with Gasteiger partial charge in [-0.2, -0.15) is 0 Å². The molecule has 0 aliphatic carbocycles. The maximum atomic E-state index is 12.9. The number of ether oxygens (including phenoxy) is 1. The molecule has 0 unspecified atom stereocenters. The molecule has 1 saturated heterocycles. The van der Waals surface area contributed by atoms with E-state index in [9.17, 15) is 9.59 Å². The van der Waals surface area contributed by atoms with Crippen LogP contribution in [-0.2, 0) is 9.59 Å². The molecule has 2 aliphatic heterocycles. The molecule has 2 atom stereocenters. The lowest BCUT2D eigenvalue weighted by Crippen LogP contribution is -2.46. The number of carbonyl (C=O) groups is 2. The molecule has 1 aromatic rings. The Labute approximate surface area is 141 Å². The third-order valence-electron chi connectivity index (χ3n) is 4.17. The Morgan fingerprint density at radius 3 is 2.96 bits per heavy atom. The lowest BCUT2D eigenvalue weighted by atomic mass is 10.1. The van der Waals surface area contributed by atoms with Gasteiger partial charge in [-0.15, -0.1) is 0 Å². The van der Waals surface area contributed by atoms with E-state index in [4.69, 9.17) is 10.5 Å². The van der Waals surface area contributed by atoms with Crippen molar-refractivity contribution in [3.8, 4) is 5.75 Å². The molecule has 126 valence electrons.